The Morgan fingerprint density at radius 2 is 2.11 bits per heavy atom. The van der Waals surface area contributed by atoms with Crippen molar-refractivity contribution in [1.82, 2.24) is 0 Å². The Hall–Kier alpha value is 0.140. The summed E-state index contributed by atoms with van der Waals surface area (Å²) in [5, 5.41) is 8.62. The Kier molecular flexibility index (Phi) is 2.86. The van der Waals surface area contributed by atoms with Crippen LogP contribution < -0.4 is 5.73 Å². The molecule has 1 rings (SSSR count). The molecule has 0 aromatic rings. The first kappa shape index (κ1) is 9.14. The van der Waals surface area contributed by atoms with E-state index >= 15 is 0 Å². The number of nitrogens with two attached hydrogens (primary N) is 1. The van der Waals surface area contributed by atoms with Crippen molar-refractivity contribution in [2.45, 2.75) is 24.6 Å². The third-order valence-corrected chi connectivity index (χ3v) is 1.57. The summed E-state index contributed by atoms with van der Waals surface area (Å²) in [7, 11) is 0. The summed E-state index contributed by atoms with van der Waals surface area (Å²) in [6.45, 7) is 0.0457. The van der Waals surface area contributed by atoms with Crippen LogP contribution in [-0.2, 0) is 0 Å². The molecule has 3 N–H and O–H groups in total. The van der Waals surface area contributed by atoms with Crippen LogP contribution in [0.25, 0.3) is 0 Å². The molecule has 0 bridgehead atoms. The summed E-state index contributed by atoms with van der Waals surface area (Å²) in [5.74, 6) is 0. The van der Waals surface area contributed by atoms with E-state index in [9.17, 15) is 4.39 Å². The van der Waals surface area contributed by atoms with Crippen LogP contribution in [0.2, 0.25) is 0 Å². The summed E-state index contributed by atoms with van der Waals surface area (Å²) >= 11 is 0. The molecule has 2 nitrogen and oxygen atoms in total. The van der Waals surface area contributed by atoms with Crippen molar-refractivity contribution < 1.29 is 9.50 Å². The van der Waals surface area contributed by atoms with Crippen molar-refractivity contribution in [3.63, 3.8) is 0 Å². The van der Waals surface area contributed by atoms with Crippen LogP contribution >= 0.6 is 12.4 Å². The fourth-order valence-electron chi connectivity index (χ4n) is 0.951. The molecule has 0 aliphatic heterocycles. The molecule has 56 valence electrons. The normalized spacial score (nSPS) is 41.0. The third-order valence-electron chi connectivity index (χ3n) is 1.57. The summed E-state index contributed by atoms with van der Waals surface area (Å²) in [6, 6.07) is 0. The zero-order valence-corrected chi connectivity index (χ0v) is 5.83. The molecule has 0 heterocycles. The van der Waals surface area contributed by atoms with Gasteiger partial charge in [-0.2, -0.15) is 0 Å². The standard InChI is InChI=1S/C5H10FNO.ClH/c6-5(3-7)1-4(8)2-5;/h4,8H,1-3,7H2;1H. The Bertz CT molecular complexity index is 95.0. The van der Waals surface area contributed by atoms with Gasteiger partial charge in [-0.25, -0.2) is 4.39 Å². The number of hydrogen-bond acceptors (Lipinski definition) is 2. The highest BCUT2D eigenvalue weighted by molar-refractivity contribution is 5.85. The van der Waals surface area contributed by atoms with Gasteiger partial charge in [0.2, 0.25) is 0 Å². The molecule has 1 aliphatic carbocycles. The van der Waals surface area contributed by atoms with Crippen molar-refractivity contribution in [1.29, 1.82) is 0 Å². The molecule has 4 heteroatoms. The predicted octanol–water partition coefficient (Wildman–Crippen LogP) is 0.230. The van der Waals surface area contributed by atoms with Gasteiger partial charge < -0.3 is 10.8 Å². The molecule has 0 spiro atoms. The minimum Gasteiger partial charge on any atom is -0.393 e. The van der Waals surface area contributed by atoms with Crippen LogP contribution in [0.5, 0.6) is 0 Å². The lowest BCUT2D eigenvalue weighted by atomic mass is 9.79. The lowest BCUT2D eigenvalue weighted by Crippen LogP contribution is -2.48. The number of aliphatic hydroxyl groups is 1. The van der Waals surface area contributed by atoms with E-state index in [1.54, 1.807) is 0 Å². The first-order valence-corrected chi connectivity index (χ1v) is 2.73. The summed E-state index contributed by atoms with van der Waals surface area (Å²) in [5.41, 5.74) is 3.81. The van der Waals surface area contributed by atoms with Gasteiger partial charge in [-0.05, 0) is 0 Å². The lowest BCUT2D eigenvalue weighted by Gasteiger charge is -2.37. The number of aliphatic hydroxyl groups excluding tert-OH is 1. The van der Waals surface area contributed by atoms with Gasteiger partial charge in [0.15, 0.2) is 0 Å². The van der Waals surface area contributed by atoms with Crippen molar-refractivity contribution in [2.75, 3.05) is 6.54 Å². The molecule has 0 saturated heterocycles. The second-order valence-electron chi connectivity index (χ2n) is 2.42. The fourth-order valence-corrected chi connectivity index (χ4v) is 0.951. The van der Waals surface area contributed by atoms with Gasteiger partial charge in [-0.15, -0.1) is 12.4 Å². The molecule has 1 fully saturated rings. The fraction of sp³-hybridized carbons (Fsp3) is 1.00. The Balaban J connectivity index is 0.000000640. The Morgan fingerprint density at radius 1 is 1.67 bits per heavy atom. The van der Waals surface area contributed by atoms with E-state index in [1.165, 1.54) is 0 Å². The summed E-state index contributed by atoms with van der Waals surface area (Å²) in [6.07, 6.45) is 0.0102. The van der Waals surface area contributed by atoms with Gasteiger partial charge in [-0.3, -0.25) is 0 Å². The van der Waals surface area contributed by atoms with E-state index in [0.717, 1.165) is 0 Å². The molecule has 1 saturated carbocycles. The van der Waals surface area contributed by atoms with E-state index in [1.807, 2.05) is 0 Å². The monoisotopic (exact) mass is 155 g/mol. The average Bonchev–Trinajstić information content (AvgIpc) is 1.63. The van der Waals surface area contributed by atoms with Gasteiger partial charge in [0.25, 0.3) is 0 Å². The molecule has 0 radical (unpaired) electrons. The largest absolute Gasteiger partial charge is 0.393 e. The van der Waals surface area contributed by atoms with Crippen LogP contribution in [0.3, 0.4) is 0 Å². The van der Waals surface area contributed by atoms with Crippen molar-refractivity contribution >= 4 is 12.4 Å². The zero-order chi connectivity index (χ0) is 6.20. The zero-order valence-electron chi connectivity index (χ0n) is 5.01. The van der Waals surface area contributed by atoms with Crippen LogP contribution in [0.1, 0.15) is 12.8 Å². The second kappa shape index (κ2) is 2.82. The maximum Gasteiger partial charge on any atom is 0.128 e. The minimum absolute atomic E-state index is 0. The van der Waals surface area contributed by atoms with Gasteiger partial charge in [0, 0.05) is 19.4 Å². The number of halogens is 2. The number of hydrogen-bond donors (Lipinski definition) is 2. The first-order chi connectivity index (χ1) is 3.66. The van der Waals surface area contributed by atoms with Crippen molar-refractivity contribution in [3.05, 3.63) is 0 Å². The SMILES string of the molecule is Cl.NCC1(F)CC(O)C1. The maximum absolute atomic E-state index is 12.6. The van der Waals surface area contributed by atoms with Gasteiger partial charge in [0.05, 0.1) is 6.10 Å². The Labute approximate surface area is 59.6 Å². The quantitative estimate of drug-likeness (QED) is 0.570. The third kappa shape index (κ3) is 1.78. The molecule has 0 unspecified atom stereocenters. The molecule has 0 amide bonds. The molecule has 0 aromatic carbocycles. The first-order valence-electron chi connectivity index (χ1n) is 2.73. The van der Waals surface area contributed by atoms with Crippen LogP contribution in [-0.4, -0.2) is 23.4 Å². The van der Waals surface area contributed by atoms with Crippen LogP contribution in [0.4, 0.5) is 4.39 Å². The number of alkyl halides is 1. The van der Waals surface area contributed by atoms with E-state index in [-0.39, 0.29) is 31.8 Å². The topological polar surface area (TPSA) is 46.2 Å². The highest BCUT2D eigenvalue weighted by atomic mass is 35.5. The van der Waals surface area contributed by atoms with Gasteiger partial charge in [0.1, 0.15) is 5.67 Å². The van der Waals surface area contributed by atoms with E-state index < -0.39 is 11.8 Å². The summed E-state index contributed by atoms with van der Waals surface area (Å²) in [4.78, 5) is 0. The van der Waals surface area contributed by atoms with Gasteiger partial charge >= 0.3 is 0 Å². The van der Waals surface area contributed by atoms with Crippen LogP contribution in [0, 0.1) is 0 Å². The highest BCUT2D eigenvalue weighted by Gasteiger charge is 2.42. The second-order valence-corrected chi connectivity index (χ2v) is 2.42. The lowest BCUT2D eigenvalue weighted by molar-refractivity contribution is -0.0497. The molecule has 9 heavy (non-hydrogen) atoms. The average molecular weight is 156 g/mol. The van der Waals surface area contributed by atoms with E-state index in [4.69, 9.17) is 10.8 Å². The smallest absolute Gasteiger partial charge is 0.128 e. The van der Waals surface area contributed by atoms with E-state index in [0.29, 0.717) is 0 Å². The highest BCUT2D eigenvalue weighted by Crippen LogP contribution is 2.34. The maximum atomic E-state index is 12.6. The van der Waals surface area contributed by atoms with Crippen molar-refractivity contribution in [3.8, 4) is 0 Å². The molecular weight excluding hydrogens is 145 g/mol. The van der Waals surface area contributed by atoms with E-state index in [2.05, 4.69) is 0 Å². The molecule has 0 atom stereocenters. The molecular formula is C5H11ClFNO. The number of rotatable bonds is 1. The summed E-state index contributed by atoms with van der Waals surface area (Å²) < 4.78 is 12.6. The van der Waals surface area contributed by atoms with Gasteiger partial charge in [-0.1, -0.05) is 0 Å². The Morgan fingerprint density at radius 3 is 2.22 bits per heavy atom. The molecule has 1 aliphatic rings. The van der Waals surface area contributed by atoms with Crippen molar-refractivity contribution in [2.24, 2.45) is 5.73 Å². The minimum atomic E-state index is -1.24. The molecule has 0 aromatic heterocycles. The predicted molar refractivity (Wildman–Crippen MR) is 35.4 cm³/mol. The van der Waals surface area contributed by atoms with Crippen LogP contribution in [0.15, 0.2) is 0 Å².